The van der Waals surface area contributed by atoms with Crippen LogP contribution in [0.2, 0.25) is 0 Å². The number of amides is 1. The Morgan fingerprint density at radius 3 is 2.63 bits per heavy atom. The van der Waals surface area contributed by atoms with Crippen molar-refractivity contribution in [2.45, 2.75) is 26.7 Å². The van der Waals surface area contributed by atoms with Gasteiger partial charge < -0.3 is 9.84 Å². The second-order valence-electron chi connectivity index (χ2n) is 7.33. The Hall–Kier alpha value is -3.06. The van der Waals surface area contributed by atoms with Gasteiger partial charge in [-0.3, -0.25) is 9.69 Å². The number of nitrogens with zero attached hydrogens (tertiary/aromatic N) is 2. The van der Waals surface area contributed by atoms with Crippen molar-refractivity contribution < 1.29 is 19.4 Å². The minimum Gasteiger partial charge on any atom is -0.496 e. The van der Waals surface area contributed by atoms with E-state index >= 15 is 0 Å². The molecule has 6 nitrogen and oxygen atoms in total. The first kappa shape index (κ1) is 21.6. The normalized spacial score (nSPS) is 16.7. The number of aliphatic imine (C=N–C) groups is 1. The highest BCUT2D eigenvalue weighted by atomic mass is 32.2. The van der Waals surface area contributed by atoms with Crippen molar-refractivity contribution in [1.82, 2.24) is 4.90 Å². The summed E-state index contributed by atoms with van der Waals surface area (Å²) in [7, 11) is 3.32. The average Bonchev–Trinajstić information content (AvgIpc) is 2.97. The van der Waals surface area contributed by atoms with E-state index in [1.54, 1.807) is 26.3 Å². The van der Waals surface area contributed by atoms with Crippen molar-refractivity contribution in [2.24, 2.45) is 4.99 Å². The van der Waals surface area contributed by atoms with Crippen molar-refractivity contribution >= 4 is 40.6 Å². The van der Waals surface area contributed by atoms with Gasteiger partial charge in [0.2, 0.25) is 0 Å². The van der Waals surface area contributed by atoms with Crippen LogP contribution < -0.4 is 4.74 Å². The van der Waals surface area contributed by atoms with Gasteiger partial charge in [-0.1, -0.05) is 19.9 Å². The van der Waals surface area contributed by atoms with E-state index in [0.29, 0.717) is 15.8 Å². The summed E-state index contributed by atoms with van der Waals surface area (Å²) < 4.78 is 5.50. The highest BCUT2D eigenvalue weighted by Crippen LogP contribution is 2.36. The quantitative estimate of drug-likeness (QED) is 0.679. The zero-order valence-corrected chi connectivity index (χ0v) is 18.4. The Morgan fingerprint density at radius 2 is 2.00 bits per heavy atom. The summed E-state index contributed by atoms with van der Waals surface area (Å²) in [6, 6.07) is 10.4. The molecule has 2 aromatic carbocycles. The number of thioether (sulfide) groups is 1. The number of likely N-dealkylation sites (N-methyl/N-ethyl adjacent to an activating group) is 1. The van der Waals surface area contributed by atoms with E-state index in [9.17, 15) is 9.59 Å². The van der Waals surface area contributed by atoms with Crippen LogP contribution in [0.4, 0.5) is 5.69 Å². The molecule has 3 rings (SSSR count). The zero-order chi connectivity index (χ0) is 22.0. The number of hydrogen-bond donors (Lipinski definition) is 1. The van der Waals surface area contributed by atoms with Crippen LogP contribution in [-0.4, -0.2) is 41.2 Å². The smallest absolute Gasteiger partial charge is 0.335 e. The Labute approximate surface area is 180 Å². The maximum Gasteiger partial charge on any atom is 0.335 e. The molecule has 1 N–H and O–H groups in total. The van der Waals surface area contributed by atoms with Crippen LogP contribution in [0.3, 0.4) is 0 Å². The van der Waals surface area contributed by atoms with Crippen molar-refractivity contribution in [3.05, 3.63) is 63.6 Å². The molecule has 0 radical (unpaired) electrons. The second-order valence-corrected chi connectivity index (χ2v) is 8.34. The number of carboxylic acid groups (broad SMARTS) is 1. The molecule has 2 aromatic rings. The molecule has 0 atom stereocenters. The lowest BCUT2D eigenvalue weighted by Gasteiger charge is -2.14. The molecule has 1 aliphatic heterocycles. The number of aryl methyl sites for hydroxylation is 1. The molecule has 0 spiro atoms. The molecule has 0 unspecified atom stereocenters. The third kappa shape index (κ3) is 4.41. The predicted molar refractivity (Wildman–Crippen MR) is 121 cm³/mol. The van der Waals surface area contributed by atoms with E-state index in [1.807, 2.05) is 19.1 Å². The molecular weight excluding hydrogens is 400 g/mol. The number of carboxylic acids is 1. The van der Waals surface area contributed by atoms with E-state index in [-0.39, 0.29) is 17.4 Å². The summed E-state index contributed by atoms with van der Waals surface area (Å²) in [5.74, 6) is -0.0368. The van der Waals surface area contributed by atoms with Gasteiger partial charge in [-0.15, -0.1) is 0 Å². The number of hydrogen-bond acceptors (Lipinski definition) is 5. The maximum absolute atomic E-state index is 12.8. The number of aromatic carboxylic acids is 1. The van der Waals surface area contributed by atoms with Crippen molar-refractivity contribution in [3.63, 3.8) is 0 Å². The first-order chi connectivity index (χ1) is 14.2. The fourth-order valence-electron chi connectivity index (χ4n) is 3.11. The minimum atomic E-state index is -1.02. The van der Waals surface area contributed by atoms with Crippen LogP contribution in [0.15, 0.2) is 46.3 Å². The van der Waals surface area contributed by atoms with Gasteiger partial charge in [-0.2, -0.15) is 0 Å². The summed E-state index contributed by atoms with van der Waals surface area (Å²) in [6.45, 7) is 6.19. The fraction of sp³-hybridized carbons (Fsp3) is 0.261. The van der Waals surface area contributed by atoms with Gasteiger partial charge >= 0.3 is 5.97 Å². The van der Waals surface area contributed by atoms with Crippen LogP contribution in [0, 0.1) is 6.92 Å². The van der Waals surface area contributed by atoms with Crippen LogP contribution in [0.5, 0.6) is 5.75 Å². The average molecular weight is 425 g/mol. The molecule has 1 saturated heterocycles. The van der Waals surface area contributed by atoms with E-state index in [0.717, 1.165) is 22.4 Å². The zero-order valence-electron chi connectivity index (χ0n) is 17.6. The summed E-state index contributed by atoms with van der Waals surface area (Å²) in [4.78, 5) is 30.5. The Balaban J connectivity index is 1.97. The number of carbonyl (C=O) groups excluding carboxylic acids is 1. The lowest BCUT2D eigenvalue weighted by Crippen LogP contribution is -2.23. The number of rotatable bonds is 5. The highest BCUT2D eigenvalue weighted by molar-refractivity contribution is 8.18. The number of ether oxygens (including phenoxy) is 1. The van der Waals surface area contributed by atoms with Crippen molar-refractivity contribution in [1.29, 1.82) is 0 Å². The fourth-order valence-corrected chi connectivity index (χ4v) is 4.09. The second kappa shape index (κ2) is 8.75. The molecule has 1 heterocycles. The summed E-state index contributed by atoms with van der Waals surface area (Å²) >= 11 is 1.27. The first-order valence-electron chi connectivity index (χ1n) is 9.49. The molecule has 0 saturated carbocycles. The Morgan fingerprint density at radius 1 is 1.27 bits per heavy atom. The van der Waals surface area contributed by atoms with Crippen molar-refractivity contribution in [2.75, 3.05) is 14.2 Å². The lowest BCUT2D eigenvalue weighted by atomic mass is 9.96. The SMILES string of the molecule is COc1cc(C)c(/C=C2/SC(=Nc3cccc(C(=O)O)c3)N(C)C2=O)cc1C(C)C. The van der Waals surface area contributed by atoms with Gasteiger partial charge in [0.25, 0.3) is 5.91 Å². The molecular formula is C23H24N2O4S. The molecule has 0 aliphatic carbocycles. The molecule has 0 aromatic heterocycles. The van der Waals surface area contributed by atoms with Crippen LogP contribution >= 0.6 is 11.8 Å². The first-order valence-corrected chi connectivity index (χ1v) is 10.3. The Bertz CT molecular complexity index is 1070. The van der Waals surface area contributed by atoms with Gasteiger partial charge in [0.1, 0.15) is 5.75 Å². The summed E-state index contributed by atoms with van der Waals surface area (Å²) in [6.07, 6.45) is 1.88. The number of methoxy groups -OCH3 is 1. The van der Waals surface area contributed by atoms with Crippen LogP contribution in [0.1, 0.15) is 46.8 Å². The standard InChI is InChI=1S/C23H24N2O4S/c1-13(2)18-11-16(14(3)9-19(18)29-5)12-20-21(26)25(4)23(30-20)24-17-8-6-7-15(10-17)22(27)28/h6-13H,1-5H3,(H,27,28)/b20-12+,24-23?. The third-order valence-electron chi connectivity index (χ3n) is 4.85. The Kier molecular flexibility index (Phi) is 6.31. The largest absolute Gasteiger partial charge is 0.496 e. The van der Waals surface area contributed by atoms with Gasteiger partial charge in [-0.25, -0.2) is 9.79 Å². The third-order valence-corrected chi connectivity index (χ3v) is 5.91. The molecule has 156 valence electrons. The van der Waals surface area contributed by atoms with Crippen LogP contribution in [0.25, 0.3) is 6.08 Å². The van der Waals surface area contributed by atoms with E-state index in [2.05, 4.69) is 24.9 Å². The molecule has 1 fully saturated rings. The van der Waals surface area contributed by atoms with E-state index < -0.39 is 5.97 Å². The lowest BCUT2D eigenvalue weighted by molar-refractivity contribution is -0.121. The van der Waals surface area contributed by atoms with Gasteiger partial charge in [0.15, 0.2) is 5.17 Å². The van der Waals surface area contributed by atoms with Gasteiger partial charge in [0.05, 0.1) is 23.3 Å². The van der Waals surface area contributed by atoms with Gasteiger partial charge in [0, 0.05) is 7.05 Å². The summed E-state index contributed by atoms with van der Waals surface area (Å²) in [5, 5.41) is 9.66. The molecule has 1 amide bonds. The number of amidine groups is 1. The van der Waals surface area contributed by atoms with Crippen LogP contribution in [-0.2, 0) is 4.79 Å². The number of carbonyl (C=O) groups is 2. The molecule has 7 heteroatoms. The van der Waals surface area contributed by atoms with Crippen molar-refractivity contribution in [3.8, 4) is 5.75 Å². The number of benzene rings is 2. The molecule has 0 bridgehead atoms. The van der Waals surface area contributed by atoms with E-state index in [1.165, 1.54) is 28.8 Å². The predicted octanol–water partition coefficient (Wildman–Crippen LogP) is 5.06. The van der Waals surface area contributed by atoms with E-state index in [4.69, 9.17) is 9.84 Å². The molecule has 1 aliphatic rings. The van der Waals surface area contributed by atoms with Gasteiger partial charge in [-0.05, 0) is 77.7 Å². The minimum absolute atomic E-state index is 0.144. The monoisotopic (exact) mass is 424 g/mol. The summed E-state index contributed by atoms with van der Waals surface area (Å²) in [5.41, 5.74) is 3.69. The highest BCUT2D eigenvalue weighted by Gasteiger charge is 2.30. The maximum atomic E-state index is 12.8. The topological polar surface area (TPSA) is 79.2 Å². The molecule has 30 heavy (non-hydrogen) atoms.